The molecule has 1 aromatic carbocycles. The van der Waals surface area contributed by atoms with Gasteiger partial charge in [0.25, 0.3) is 5.91 Å². The number of aryl methyl sites for hydroxylation is 1. The van der Waals surface area contributed by atoms with Gasteiger partial charge in [-0.05, 0) is 25.1 Å². The Labute approximate surface area is 118 Å². The number of furan rings is 1. The van der Waals surface area contributed by atoms with Crippen LogP contribution in [0.25, 0.3) is 0 Å². The molecular formula is C16H16N2O2. The average Bonchev–Trinajstić information content (AvgIpc) is 2.96. The maximum Gasteiger partial charge on any atom is 0.252 e. The molecule has 4 heteroatoms. The van der Waals surface area contributed by atoms with Gasteiger partial charge in [0.05, 0.1) is 24.6 Å². The largest absolute Gasteiger partial charge is 0.472 e. The van der Waals surface area contributed by atoms with E-state index in [4.69, 9.17) is 10.2 Å². The number of rotatable bonds is 3. The SMILES string of the molecule is Cc1ccc(C#CCN)c(C(=O)NCc2ccoc2)c1. The predicted octanol–water partition coefficient (Wildman–Crippen LogP) is 1.83. The van der Waals surface area contributed by atoms with Crippen LogP contribution in [0.5, 0.6) is 0 Å². The van der Waals surface area contributed by atoms with Crippen LogP contribution in [0.15, 0.2) is 41.2 Å². The summed E-state index contributed by atoms with van der Waals surface area (Å²) in [5, 5.41) is 2.85. The maximum atomic E-state index is 12.2. The Morgan fingerprint density at radius 2 is 2.25 bits per heavy atom. The third-order valence-corrected chi connectivity index (χ3v) is 2.78. The minimum Gasteiger partial charge on any atom is -0.472 e. The summed E-state index contributed by atoms with van der Waals surface area (Å²) in [6, 6.07) is 7.40. The van der Waals surface area contributed by atoms with Crippen LogP contribution in [0.1, 0.15) is 27.0 Å². The summed E-state index contributed by atoms with van der Waals surface area (Å²) in [5.41, 5.74) is 8.55. The van der Waals surface area contributed by atoms with Crippen molar-refractivity contribution in [2.45, 2.75) is 13.5 Å². The second kappa shape index (κ2) is 6.60. The van der Waals surface area contributed by atoms with Gasteiger partial charge in [0.1, 0.15) is 0 Å². The van der Waals surface area contributed by atoms with Crippen molar-refractivity contribution in [3.05, 3.63) is 59.0 Å². The van der Waals surface area contributed by atoms with E-state index in [0.717, 1.165) is 11.1 Å². The zero-order chi connectivity index (χ0) is 14.4. The molecule has 2 aromatic rings. The van der Waals surface area contributed by atoms with Crippen molar-refractivity contribution >= 4 is 5.91 Å². The lowest BCUT2D eigenvalue weighted by atomic mass is 10.0. The van der Waals surface area contributed by atoms with Gasteiger partial charge < -0.3 is 15.5 Å². The molecule has 0 spiro atoms. The zero-order valence-electron chi connectivity index (χ0n) is 11.3. The number of nitrogens with one attached hydrogen (secondary N) is 1. The van der Waals surface area contributed by atoms with E-state index in [9.17, 15) is 4.79 Å². The molecule has 1 aromatic heterocycles. The number of nitrogens with two attached hydrogens (primary N) is 1. The van der Waals surface area contributed by atoms with Crippen LogP contribution in [-0.2, 0) is 6.54 Å². The van der Waals surface area contributed by atoms with Crippen molar-refractivity contribution in [2.24, 2.45) is 5.73 Å². The molecule has 4 nitrogen and oxygen atoms in total. The summed E-state index contributed by atoms with van der Waals surface area (Å²) >= 11 is 0. The minimum atomic E-state index is -0.156. The molecule has 2 rings (SSSR count). The normalized spacial score (nSPS) is 9.70. The molecule has 102 valence electrons. The highest BCUT2D eigenvalue weighted by Crippen LogP contribution is 2.11. The first kappa shape index (κ1) is 13.9. The van der Waals surface area contributed by atoms with E-state index in [1.807, 2.05) is 31.2 Å². The molecule has 0 aliphatic carbocycles. The Morgan fingerprint density at radius 3 is 2.95 bits per heavy atom. The lowest BCUT2D eigenvalue weighted by Gasteiger charge is -2.07. The van der Waals surface area contributed by atoms with E-state index in [1.165, 1.54) is 0 Å². The van der Waals surface area contributed by atoms with Crippen molar-refractivity contribution in [1.29, 1.82) is 0 Å². The number of benzene rings is 1. The summed E-state index contributed by atoms with van der Waals surface area (Å²) in [6.07, 6.45) is 3.18. The lowest BCUT2D eigenvalue weighted by molar-refractivity contribution is 0.0950. The maximum absolute atomic E-state index is 12.2. The summed E-state index contributed by atoms with van der Waals surface area (Å²) in [6.45, 7) is 2.63. The molecule has 0 atom stereocenters. The molecule has 1 amide bonds. The fourth-order valence-corrected chi connectivity index (χ4v) is 1.77. The van der Waals surface area contributed by atoms with Crippen LogP contribution in [0, 0.1) is 18.8 Å². The van der Waals surface area contributed by atoms with Gasteiger partial charge in [-0.15, -0.1) is 0 Å². The van der Waals surface area contributed by atoms with Crippen molar-refractivity contribution in [2.75, 3.05) is 6.54 Å². The van der Waals surface area contributed by atoms with Gasteiger partial charge in [0.15, 0.2) is 0 Å². The summed E-state index contributed by atoms with van der Waals surface area (Å²) in [4.78, 5) is 12.2. The first-order valence-electron chi connectivity index (χ1n) is 6.29. The molecule has 0 aliphatic rings. The van der Waals surface area contributed by atoms with Gasteiger partial charge in [-0.3, -0.25) is 4.79 Å². The highest BCUT2D eigenvalue weighted by molar-refractivity contribution is 5.96. The van der Waals surface area contributed by atoms with Crippen molar-refractivity contribution in [1.82, 2.24) is 5.32 Å². The summed E-state index contributed by atoms with van der Waals surface area (Å²) in [7, 11) is 0. The van der Waals surface area contributed by atoms with Gasteiger partial charge in [-0.2, -0.15) is 0 Å². The van der Waals surface area contributed by atoms with Crippen molar-refractivity contribution in [3.63, 3.8) is 0 Å². The van der Waals surface area contributed by atoms with Gasteiger partial charge >= 0.3 is 0 Å². The fraction of sp³-hybridized carbons (Fsp3) is 0.188. The zero-order valence-corrected chi connectivity index (χ0v) is 11.3. The monoisotopic (exact) mass is 268 g/mol. The third kappa shape index (κ3) is 3.50. The second-order valence-electron chi connectivity index (χ2n) is 4.37. The highest BCUT2D eigenvalue weighted by atomic mass is 16.3. The highest BCUT2D eigenvalue weighted by Gasteiger charge is 2.10. The Bertz CT molecular complexity index is 649. The molecule has 0 aliphatic heterocycles. The molecule has 0 saturated carbocycles. The number of amides is 1. The molecule has 20 heavy (non-hydrogen) atoms. The Kier molecular flexibility index (Phi) is 4.59. The minimum absolute atomic E-state index is 0.156. The van der Waals surface area contributed by atoms with Crippen molar-refractivity contribution in [3.8, 4) is 11.8 Å². The predicted molar refractivity (Wildman–Crippen MR) is 77.0 cm³/mol. The van der Waals surface area contributed by atoms with Gasteiger partial charge in [0, 0.05) is 17.7 Å². The van der Waals surface area contributed by atoms with E-state index >= 15 is 0 Å². The quantitative estimate of drug-likeness (QED) is 0.834. The smallest absolute Gasteiger partial charge is 0.252 e. The number of carbonyl (C=O) groups is 1. The van der Waals surface area contributed by atoms with Gasteiger partial charge in [-0.1, -0.05) is 23.5 Å². The molecule has 0 bridgehead atoms. The van der Waals surface area contributed by atoms with Crippen LogP contribution in [0.3, 0.4) is 0 Å². The number of hydrogen-bond donors (Lipinski definition) is 2. The van der Waals surface area contributed by atoms with E-state index in [0.29, 0.717) is 17.7 Å². The number of hydrogen-bond acceptors (Lipinski definition) is 3. The van der Waals surface area contributed by atoms with E-state index in [-0.39, 0.29) is 12.5 Å². The van der Waals surface area contributed by atoms with Crippen LogP contribution < -0.4 is 11.1 Å². The average molecular weight is 268 g/mol. The second-order valence-corrected chi connectivity index (χ2v) is 4.37. The first-order valence-corrected chi connectivity index (χ1v) is 6.29. The molecular weight excluding hydrogens is 252 g/mol. The topological polar surface area (TPSA) is 68.3 Å². The standard InChI is InChI=1S/C16H16N2O2/c1-12-4-5-14(3-2-7-17)15(9-12)16(19)18-10-13-6-8-20-11-13/h4-6,8-9,11H,7,10,17H2,1H3,(H,18,19). The Balaban J connectivity index is 2.17. The van der Waals surface area contributed by atoms with Gasteiger partial charge in [0.2, 0.25) is 0 Å². The Morgan fingerprint density at radius 1 is 1.40 bits per heavy atom. The third-order valence-electron chi connectivity index (χ3n) is 2.78. The molecule has 3 N–H and O–H groups in total. The molecule has 1 heterocycles. The number of carbonyl (C=O) groups excluding carboxylic acids is 1. The van der Waals surface area contributed by atoms with Crippen LogP contribution in [0.2, 0.25) is 0 Å². The fourth-order valence-electron chi connectivity index (χ4n) is 1.77. The first-order chi connectivity index (χ1) is 9.70. The van der Waals surface area contributed by atoms with E-state index in [1.54, 1.807) is 12.5 Å². The molecule has 0 radical (unpaired) electrons. The van der Waals surface area contributed by atoms with Crippen LogP contribution in [0.4, 0.5) is 0 Å². The lowest BCUT2D eigenvalue weighted by Crippen LogP contribution is -2.23. The van der Waals surface area contributed by atoms with E-state index < -0.39 is 0 Å². The molecule has 0 fully saturated rings. The van der Waals surface area contributed by atoms with E-state index in [2.05, 4.69) is 17.2 Å². The molecule has 0 unspecified atom stereocenters. The summed E-state index contributed by atoms with van der Waals surface area (Å²) < 4.78 is 4.96. The van der Waals surface area contributed by atoms with Crippen molar-refractivity contribution < 1.29 is 9.21 Å². The Hall–Kier alpha value is -2.51. The van der Waals surface area contributed by atoms with Gasteiger partial charge in [-0.25, -0.2) is 0 Å². The molecule has 0 saturated heterocycles. The van der Waals surface area contributed by atoms with Crippen LogP contribution >= 0.6 is 0 Å². The van der Waals surface area contributed by atoms with Crippen LogP contribution in [-0.4, -0.2) is 12.5 Å². The summed E-state index contributed by atoms with van der Waals surface area (Å²) in [5.74, 6) is 5.54.